The largest absolute Gasteiger partial charge is 0.492 e. The van der Waals surface area contributed by atoms with Crippen LogP contribution in [0.1, 0.15) is 19.4 Å². The summed E-state index contributed by atoms with van der Waals surface area (Å²) in [5.41, 5.74) is 9.87. The fraction of sp³-hybridized carbons (Fsp3) is 0.429. The molecule has 2 rings (SSSR count). The highest BCUT2D eigenvalue weighted by Gasteiger charge is 2.08. The van der Waals surface area contributed by atoms with E-state index in [2.05, 4.69) is 55.1 Å². The SMILES string of the molecule is CC(C)C(N)Cc1ccc(-c2ccc(OCCN(C)C)cc2)cc1. The van der Waals surface area contributed by atoms with Crippen molar-refractivity contribution in [1.29, 1.82) is 0 Å². The van der Waals surface area contributed by atoms with Gasteiger partial charge in [-0.1, -0.05) is 50.2 Å². The lowest BCUT2D eigenvalue weighted by Gasteiger charge is -2.15. The fourth-order valence-corrected chi connectivity index (χ4v) is 2.43. The Labute approximate surface area is 146 Å². The zero-order chi connectivity index (χ0) is 17.5. The summed E-state index contributed by atoms with van der Waals surface area (Å²) >= 11 is 0. The molecule has 1 atom stereocenters. The van der Waals surface area contributed by atoms with Crippen LogP contribution in [0.4, 0.5) is 0 Å². The van der Waals surface area contributed by atoms with Crippen molar-refractivity contribution in [2.75, 3.05) is 27.2 Å². The number of likely N-dealkylation sites (N-methyl/N-ethyl adjacent to an activating group) is 1. The molecule has 2 N–H and O–H groups in total. The van der Waals surface area contributed by atoms with Gasteiger partial charge in [-0.3, -0.25) is 0 Å². The standard InChI is InChI=1S/C21H30N2O/c1-16(2)21(22)15-17-5-7-18(8-6-17)19-9-11-20(12-10-19)24-14-13-23(3)4/h5-12,16,21H,13-15,22H2,1-4H3. The Morgan fingerprint density at radius 1 is 0.917 bits per heavy atom. The summed E-state index contributed by atoms with van der Waals surface area (Å²) in [6.45, 7) is 5.96. The minimum atomic E-state index is 0.217. The average molecular weight is 326 g/mol. The van der Waals surface area contributed by atoms with Crippen molar-refractivity contribution < 1.29 is 4.74 Å². The van der Waals surface area contributed by atoms with Gasteiger partial charge in [0.1, 0.15) is 12.4 Å². The molecule has 0 saturated carbocycles. The number of hydrogen-bond acceptors (Lipinski definition) is 3. The molecule has 0 aromatic heterocycles. The molecular formula is C21H30N2O. The first-order valence-electron chi connectivity index (χ1n) is 8.68. The molecule has 0 aliphatic heterocycles. The molecule has 0 radical (unpaired) electrons. The summed E-state index contributed by atoms with van der Waals surface area (Å²) in [5, 5.41) is 0. The topological polar surface area (TPSA) is 38.5 Å². The van der Waals surface area contributed by atoms with Crippen molar-refractivity contribution in [3.8, 4) is 16.9 Å². The van der Waals surface area contributed by atoms with Crippen LogP contribution in [0.2, 0.25) is 0 Å². The number of nitrogens with two attached hydrogens (primary N) is 1. The monoisotopic (exact) mass is 326 g/mol. The molecule has 0 aliphatic rings. The van der Waals surface area contributed by atoms with E-state index in [1.54, 1.807) is 0 Å². The smallest absolute Gasteiger partial charge is 0.119 e. The zero-order valence-corrected chi connectivity index (χ0v) is 15.3. The van der Waals surface area contributed by atoms with E-state index in [9.17, 15) is 0 Å². The van der Waals surface area contributed by atoms with Gasteiger partial charge in [-0.15, -0.1) is 0 Å². The predicted octanol–water partition coefficient (Wildman–Crippen LogP) is 3.82. The van der Waals surface area contributed by atoms with E-state index in [-0.39, 0.29) is 6.04 Å². The fourth-order valence-electron chi connectivity index (χ4n) is 2.43. The van der Waals surface area contributed by atoms with Gasteiger partial charge < -0.3 is 15.4 Å². The quantitative estimate of drug-likeness (QED) is 0.801. The van der Waals surface area contributed by atoms with Gasteiger partial charge in [0.15, 0.2) is 0 Å². The molecule has 0 bridgehead atoms. The van der Waals surface area contributed by atoms with Crippen LogP contribution in [-0.4, -0.2) is 38.2 Å². The van der Waals surface area contributed by atoms with Gasteiger partial charge in [-0.05, 0) is 55.3 Å². The van der Waals surface area contributed by atoms with Crippen molar-refractivity contribution in [1.82, 2.24) is 4.90 Å². The van der Waals surface area contributed by atoms with Crippen LogP contribution in [-0.2, 0) is 6.42 Å². The second-order valence-corrected chi connectivity index (χ2v) is 6.99. The third-order valence-electron chi connectivity index (χ3n) is 4.28. The number of ether oxygens (including phenoxy) is 1. The minimum absolute atomic E-state index is 0.217. The molecule has 3 nitrogen and oxygen atoms in total. The van der Waals surface area contributed by atoms with Crippen LogP contribution in [0, 0.1) is 5.92 Å². The van der Waals surface area contributed by atoms with Crippen molar-refractivity contribution in [2.24, 2.45) is 11.7 Å². The summed E-state index contributed by atoms with van der Waals surface area (Å²) in [5.74, 6) is 1.42. The highest BCUT2D eigenvalue weighted by atomic mass is 16.5. The van der Waals surface area contributed by atoms with Crippen LogP contribution >= 0.6 is 0 Å². The minimum Gasteiger partial charge on any atom is -0.492 e. The number of rotatable bonds is 8. The molecule has 0 saturated heterocycles. The summed E-state index contributed by atoms with van der Waals surface area (Å²) < 4.78 is 5.74. The molecule has 0 aliphatic carbocycles. The van der Waals surface area contributed by atoms with E-state index in [1.807, 2.05) is 26.2 Å². The van der Waals surface area contributed by atoms with E-state index < -0.39 is 0 Å². The Hall–Kier alpha value is -1.84. The molecule has 2 aromatic carbocycles. The third-order valence-corrected chi connectivity index (χ3v) is 4.28. The maximum Gasteiger partial charge on any atom is 0.119 e. The number of benzene rings is 2. The molecule has 0 amide bonds. The Morgan fingerprint density at radius 3 is 1.96 bits per heavy atom. The molecule has 0 spiro atoms. The van der Waals surface area contributed by atoms with E-state index in [0.29, 0.717) is 12.5 Å². The van der Waals surface area contributed by atoms with Crippen LogP contribution < -0.4 is 10.5 Å². The lowest BCUT2D eigenvalue weighted by Crippen LogP contribution is -2.28. The average Bonchev–Trinajstić information content (AvgIpc) is 2.56. The summed E-state index contributed by atoms with van der Waals surface area (Å²) in [6.07, 6.45) is 0.927. The molecule has 2 aromatic rings. The van der Waals surface area contributed by atoms with Gasteiger partial charge in [0.2, 0.25) is 0 Å². The Bertz CT molecular complexity index is 603. The maximum absolute atomic E-state index is 6.16. The van der Waals surface area contributed by atoms with E-state index in [4.69, 9.17) is 10.5 Å². The van der Waals surface area contributed by atoms with Crippen LogP contribution in [0.3, 0.4) is 0 Å². The summed E-state index contributed by atoms with van der Waals surface area (Å²) in [6, 6.07) is 17.2. The maximum atomic E-state index is 6.16. The lowest BCUT2D eigenvalue weighted by molar-refractivity contribution is 0.261. The second-order valence-electron chi connectivity index (χ2n) is 6.99. The normalized spacial score (nSPS) is 12.6. The van der Waals surface area contributed by atoms with Gasteiger partial charge >= 0.3 is 0 Å². The van der Waals surface area contributed by atoms with Gasteiger partial charge in [0.25, 0.3) is 0 Å². The van der Waals surface area contributed by atoms with Crippen LogP contribution in [0.25, 0.3) is 11.1 Å². The molecular weight excluding hydrogens is 296 g/mol. The first kappa shape index (κ1) is 18.5. The van der Waals surface area contributed by atoms with Crippen molar-refractivity contribution in [3.63, 3.8) is 0 Å². The van der Waals surface area contributed by atoms with Gasteiger partial charge in [0.05, 0.1) is 0 Å². The zero-order valence-electron chi connectivity index (χ0n) is 15.3. The predicted molar refractivity (Wildman–Crippen MR) is 102 cm³/mol. The lowest BCUT2D eigenvalue weighted by atomic mass is 9.96. The Morgan fingerprint density at radius 2 is 1.46 bits per heavy atom. The number of nitrogens with zero attached hydrogens (tertiary/aromatic N) is 1. The molecule has 1 unspecified atom stereocenters. The third kappa shape index (κ3) is 5.66. The Kier molecular flexibility index (Phi) is 6.83. The summed E-state index contributed by atoms with van der Waals surface area (Å²) in [4.78, 5) is 2.11. The van der Waals surface area contributed by atoms with Crippen LogP contribution in [0.5, 0.6) is 5.75 Å². The van der Waals surface area contributed by atoms with Crippen LogP contribution in [0.15, 0.2) is 48.5 Å². The highest BCUT2D eigenvalue weighted by Crippen LogP contribution is 2.23. The molecule has 0 fully saturated rings. The second kappa shape index (κ2) is 8.86. The first-order valence-corrected chi connectivity index (χ1v) is 8.68. The molecule has 24 heavy (non-hydrogen) atoms. The number of hydrogen-bond donors (Lipinski definition) is 1. The first-order chi connectivity index (χ1) is 11.5. The van der Waals surface area contributed by atoms with Crippen molar-refractivity contribution in [3.05, 3.63) is 54.1 Å². The van der Waals surface area contributed by atoms with Crippen molar-refractivity contribution >= 4 is 0 Å². The molecule has 3 heteroatoms. The van der Waals surface area contributed by atoms with Gasteiger partial charge in [-0.25, -0.2) is 0 Å². The Balaban J connectivity index is 1.96. The highest BCUT2D eigenvalue weighted by molar-refractivity contribution is 5.64. The van der Waals surface area contributed by atoms with E-state index in [0.717, 1.165) is 18.7 Å². The van der Waals surface area contributed by atoms with E-state index >= 15 is 0 Å². The van der Waals surface area contributed by atoms with Gasteiger partial charge in [-0.2, -0.15) is 0 Å². The molecule has 0 heterocycles. The van der Waals surface area contributed by atoms with E-state index in [1.165, 1.54) is 16.7 Å². The van der Waals surface area contributed by atoms with Gasteiger partial charge in [0, 0.05) is 12.6 Å². The van der Waals surface area contributed by atoms with Crippen molar-refractivity contribution in [2.45, 2.75) is 26.3 Å². The molecule has 130 valence electrons. The summed E-state index contributed by atoms with van der Waals surface area (Å²) in [7, 11) is 4.09.